The average Bonchev–Trinajstić information content (AvgIpc) is 2.93. The molecule has 1 aromatic heterocycles. The molecule has 1 unspecified atom stereocenters. The molecule has 124 valence electrons. The monoisotopic (exact) mass is 324 g/mol. The van der Waals surface area contributed by atoms with Crippen molar-refractivity contribution in [2.45, 2.75) is 32.4 Å². The number of nitrogens with one attached hydrogen (secondary N) is 2. The number of hydrogen-bond acceptors (Lipinski definition) is 4. The summed E-state index contributed by atoms with van der Waals surface area (Å²) in [6.07, 6.45) is 0. The van der Waals surface area contributed by atoms with Gasteiger partial charge in [0.15, 0.2) is 0 Å². The zero-order valence-corrected chi connectivity index (χ0v) is 14.9. The Morgan fingerprint density at radius 3 is 2.55 bits per heavy atom. The van der Waals surface area contributed by atoms with Gasteiger partial charge >= 0.3 is 6.03 Å². The van der Waals surface area contributed by atoms with Crippen molar-refractivity contribution in [3.8, 4) is 0 Å². The third kappa shape index (κ3) is 5.26. The highest BCUT2D eigenvalue weighted by Gasteiger charge is 2.25. The molecule has 5 nitrogen and oxygen atoms in total. The topological polar surface area (TPSA) is 47.6 Å². The Labute approximate surface area is 137 Å². The minimum Gasteiger partial charge on any atom is -0.336 e. The van der Waals surface area contributed by atoms with Crippen molar-refractivity contribution in [1.29, 1.82) is 0 Å². The fourth-order valence-corrected chi connectivity index (χ4v) is 3.34. The standard InChI is InChI=1S/C16H28N4OS/c1-16(2,3)18-15(21)17-11-14(13-5-10-22-12-13)20-8-6-19(4)7-9-20/h5,10,12,14H,6-9,11H2,1-4H3,(H2,17,18,21). The van der Waals surface area contributed by atoms with Gasteiger partial charge in [0.25, 0.3) is 0 Å². The Hall–Kier alpha value is -1.11. The number of carbonyl (C=O) groups excluding carboxylic acids is 1. The van der Waals surface area contributed by atoms with Gasteiger partial charge in [0.05, 0.1) is 6.04 Å². The molecule has 2 amide bonds. The van der Waals surface area contributed by atoms with Crippen molar-refractivity contribution in [3.63, 3.8) is 0 Å². The fraction of sp³-hybridized carbons (Fsp3) is 0.688. The lowest BCUT2D eigenvalue weighted by molar-refractivity contribution is 0.111. The first-order chi connectivity index (χ1) is 10.3. The molecule has 0 aromatic carbocycles. The number of rotatable bonds is 4. The molecule has 1 saturated heterocycles. The molecule has 1 aliphatic heterocycles. The number of thiophene rings is 1. The van der Waals surface area contributed by atoms with E-state index in [9.17, 15) is 4.79 Å². The van der Waals surface area contributed by atoms with Crippen LogP contribution in [0.4, 0.5) is 4.79 Å². The molecular weight excluding hydrogens is 296 g/mol. The van der Waals surface area contributed by atoms with Gasteiger partial charge in [-0.2, -0.15) is 11.3 Å². The molecule has 0 radical (unpaired) electrons. The van der Waals surface area contributed by atoms with Crippen LogP contribution in [0, 0.1) is 0 Å². The lowest BCUT2D eigenvalue weighted by atomic mass is 10.1. The summed E-state index contributed by atoms with van der Waals surface area (Å²) in [7, 11) is 2.16. The highest BCUT2D eigenvalue weighted by atomic mass is 32.1. The average molecular weight is 324 g/mol. The Bertz CT molecular complexity index is 461. The zero-order chi connectivity index (χ0) is 16.2. The molecular formula is C16H28N4OS. The van der Waals surface area contributed by atoms with Crippen LogP contribution in [-0.2, 0) is 0 Å². The van der Waals surface area contributed by atoms with Crippen LogP contribution in [0.3, 0.4) is 0 Å². The molecule has 2 heterocycles. The maximum Gasteiger partial charge on any atom is 0.315 e. The molecule has 1 aromatic rings. The van der Waals surface area contributed by atoms with Crippen LogP contribution in [-0.4, -0.2) is 61.1 Å². The summed E-state index contributed by atoms with van der Waals surface area (Å²) in [6.45, 7) is 10.8. The van der Waals surface area contributed by atoms with Crippen LogP contribution >= 0.6 is 11.3 Å². The lowest BCUT2D eigenvalue weighted by Crippen LogP contribution is -2.51. The van der Waals surface area contributed by atoms with Gasteiger partial charge in [-0.1, -0.05) is 0 Å². The number of likely N-dealkylation sites (N-methyl/N-ethyl adjacent to an activating group) is 1. The summed E-state index contributed by atoms with van der Waals surface area (Å²) in [5.74, 6) is 0. The van der Waals surface area contributed by atoms with Gasteiger partial charge in [0.2, 0.25) is 0 Å². The van der Waals surface area contributed by atoms with Crippen molar-refractivity contribution >= 4 is 17.4 Å². The smallest absolute Gasteiger partial charge is 0.315 e. The quantitative estimate of drug-likeness (QED) is 0.892. The Balaban J connectivity index is 1.96. The predicted octanol–water partition coefficient (Wildman–Crippen LogP) is 2.13. The summed E-state index contributed by atoms with van der Waals surface area (Å²) in [6, 6.07) is 2.32. The Morgan fingerprint density at radius 2 is 2.00 bits per heavy atom. The number of hydrogen-bond donors (Lipinski definition) is 2. The maximum absolute atomic E-state index is 12.0. The summed E-state index contributed by atoms with van der Waals surface area (Å²) < 4.78 is 0. The van der Waals surface area contributed by atoms with E-state index in [2.05, 4.69) is 44.3 Å². The first-order valence-corrected chi connectivity index (χ1v) is 8.80. The number of nitrogens with zero attached hydrogens (tertiary/aromatic N) is 2. The molecule has 6 heteroatoms. The third-order valence-electron chi connectivity index (χ3n) is 3.85. The van der Waals surface area contributed by atoms with Gasteiger partial charge in [-0.15, -0.1) is 0 Å². The second-order valence-electron chi connectivity index (χ2n) is 7.00. The van der Waals surface area contributed by atoms with E-state index in [1.165, 1.54) is 5.56 Å². The highest BCUT2D eigenvalue weighted by molar-refractivity contribution is 7.07. The molecule has 2 N–H and O–H groups in total. The first-order valence-electron chi connectivity index (χ1n) is 7.86. The second kappa shape index (κ2) is 7.44. The summed E-state index contributed by atoms with van der Waals surface area (Å²) in [4.78, 5) is 16.8. The third-order valence-corrected chi connectivity index (χ3v) is 4.55. The minimum absolute atomic E-state index is 0.0955. The molecule has 22 heavy (non-hydrogen) atoms. The van der Waals surface area contributed by atoms with Crippen LogP contribution < -0.4 is 10.6 Å². The predicted molar refractivity (Wildman–Crippen MR) is 92.4 cm³/mol. The molecule has 0 saturated carbocycles. The van der Waals surface area contributed by atoms with Crippen molar-refractivity contribution in [2.75, 3.05) is 39.8 Å². The Kier molecular flexibility index (Phi) is 5.83. The molecule has 1 atom stereocenters. The highest BCUT2D eigenvalue weighted by Crippen LogP contribution is 2.23. The van der Waals surface area contributed by atoms with Gasteiger partial charge < -0.3 is 15.5 Å². The van der Waals surface area contributed by atoms with Gasteiger partial charge in [-0.3, -0.25) is 4.90 Å². The van der Waals surface area contributed by atoms with Crippen molar-refractivity contribution in [2.24, 2.45) is 0 Å². The van der Waals surface area contributed by atoms with Gasteiger partial charge in [0.1, 0.15) is 0 Å². The Morgan fingerprint density at radius 1 is 1.32 bits per heavy atom. The van der Waals surface area contributed by atoms with E-state index in [4.69, 9.17) is 0 Å². The van der Waals surface area contributed by atoms with Crippen LogP contribution in [0.1, 0.15) is 32.4 Å². The number of carbonyl (C=O) groups is 1. The molecule has 0 aliphatic carbocycles. The van der Waals surface area contributed by atoms with E-state index in [-0.39, 0.29) is 17.6 Å². The molecule has 1 fully saturated rings. The maximum atomic E-state index is 12.0. The van der Waals surface area contributed by atoms with Crippen LogP contribution in [0.2, 0.25) is 0 Å². The normalized spacial score (nSPS) is 18.9. The van der Waals surface area contributed by atoms with Crippen molar-refractivity contribution in [3.05, 3.63) is 22.4 Å². The molecule has 2 rings (SSSR count). The van der Waals surface area contributed by atoms with Gasteiger partial charge in [-0.05, 0) is 50.2 Å². The summed E-state index contributed by atoms with van der Waals surface area (Å²) >= 11 is 1.71. The van der Waals surface area contributed by atoms with Gasteiger partial charge in [0, 0.05) is 38.3 Å². The minimum atomic E-state index is -0.213. The van der Waals surface area contributed by atoms with E-state index < -0.39 is 0 Å². The van der Waals surface area contributed by atoms with E-state index in [1.54, 1.807) is 11.3 Å². The van der Waals surface area contributed by atoms with E-state index in [1.807, 2.05) is 20.8 Å². The van der Waals surface area contributed by atoms with Crippen molar-refractivity contribution < 1.29 is 4.79 Å². The molecule has 1 aliphatic rings. The largest absolute Gasteiger partial charge is 0.336 e. The van der Waals surface area contributed by atoms with Crippen LogP contribution in [0.5, 0.6) is 0 Å². The summed E-state index contributed by atoms with van der Waals surface area (Å²) in [5.41, 5.74) is 1.08. The van der Waals surface area contributed by atoms with Gasteiger partial charge in [-0.25, -0.2) is 4.79 Å². The second-order valence-corrected chi connectivity index (χ2v) is 7.78. The number of piperazine rings is 1. The van der Waals surface area contributed by atoms with E-state index >= 15 is 0 Å². The lowest BCUT2D eigenvalue weighted by Gasteiger charge is -2.38. The SMILES string of the molecule is CN1CCN(C(CNC(=O)NC(C)(C)C)c2ccsc2)CC1. The van der Waals surface area contributed by atoms with Crippen LogP contribution in [0.25, 0.3) is 0 Å². The first kappa shape index (κ1) is 17.2. The molecule has 0 spiro atoms. The number of amides is 2. The molecule has 0 bridgehead atoms. The van der Waals surface area contributed by atoms with Crippen LogP contribution in [0.15, 0.2) is 16.8 Å². The summed E-state index contributed by atoms with van der Waals surface area (Å²) in [5, 5.41) is 10.3. The zero-order valence-electron chi connectivity index (χ0n) is 14.1. The number of urea groups is 1. The van der Waals surface area contributed by atoms with E-state index in [0.29, 0.717) is 6.54 Å². The van der Waals surface area contributed by atoms with E-state index in [0.717, 1.165) is 26.2 Å². The fourth-order valence-electron chi connectivity index (χ4n) is 2.63. The van der Waals surface area contributed by atoms with Crippen molar-refractivity contribution in [1.82, 2.24) is 20.4 Å².